The van der Waals surface area contributed by atoms with E-state index in [2.05, 4.69) is 9.97 Å². The van der Waals surface area contributed by atoms with Crippen LogP contribution in [0.5, 0.6) is 0 Å². The van der Waals surface area contributed by atoms with Gasteiger partial charge in [-0.2, -0.15) is 11.3 Å². The molecule has 90 valence electrons. The number of nitrogens with one attached hydrogen (secondary N) is 1. The van der Waals surface area contributed by atoms with E-state index < -0.39 is 11.8 Å². The summed E-state index contributed by atoms with van der Waals surface area (Å²) in [5.74, 6) is -1.25. The Morgan fingerprint density at radius 3 is 2.94 bits per heavy atom. The molecule has 0 bridgehead atoms. The fourth-order valence-corrected chi connectivity index (χ4v) is 2.42. The highest BCUT2D eigenvalue weighted by Gasteiger charge is 2.15. The summed E-state index contributed by atoms with van der Waals surface area (Å²) in [6.07, 6.45) is 0. The number of thiophene rings is 1. The minimum atomic E-state index is -1.19. The van der Waals surface area contributed by atoms with Gasteiger partial charge in [-0.1, -0.05) is 0 Å². The molecule has 18 heavy (non-hydrogen) atoms. The predicted octanol–water partition coefficient (Wildman–Crippen LogP) is 3.13. The fraction of sp³-hybridized carbons (Fsp3) is 0. The average molecular weight is 262 g/mol. The maximum Gasteiger partial charge on any atom is 0.338 e. The summed E-state index contributed by atoms with van der Waals surface area (Å²) in [6.45, 7) is 0. The highest BCUT2D eigenvalue weighted by Crippen LogP contribution is 2.25. The van der Waals surface area contributed by atoms with Crippen LogP contribution < -0.4 is 0 Å². The van der Waals surface area contributed by atoms with Crippen LogP contribution in [0.3, 0.4) is 0 Å². The quantitative estimate of drug-likeness (QED) is 0.745. The molecule has 0 radical (unpaired) electrons. The molecule has 0 atom stereocenters. The standard InChI is InChI=1S/C12H7FN2O2S/c13-7-3-8(12(16)17)10-9(4-7)14-11(15-10)6-1-2-18-5-6/h1-5H,(H,14,15)(H,16,17). The third-order valence-corrected chi connectivity index (χ3v) is 3.26. The number of hydrogen-bond acceptors (Lipinski definition) is 3. The number of rotatable bonds is 2. The normalized spacial score (nSPS) is 10.9. The fourth-order valence-electron chi connectivity index (χ4n) is 1.78. The summed E-state index contributed by atoms with van der Waals surface area (Å²) < 4.78 is 13.3. The van der Waals surface area contributed by atoms with E-state index in [1.54, 1.807) is 0 Å². The number of imidazole rings is 1. The number of benzene rings is 1. The molecule has 2 heterocycles. The van der Waals surface area contributed by atoms with Gasteiger partial charge in [0.15, 0.2) is 0 Å². The van der Waals surface area contributed by atoms with Crippen LogP contribution in [-0.2, 0) is 0 Å². The van der Waals surface area contributed by atoms with Crippen molar-refractivity contribution in [3.63, 3.8) is 0 Å². The van der Waals surface area contributed by atoms with Crippen LogP contribution >= 0.6 is 11.3 Å². The summed E-state index contributed by atoms with van der Waals surface area (Å²) in [6, 6.07) is 4.08. The number of aromatic amines is 1. The monoisotopic (exact) mass is 262 g/mol. The number of carboxylic acids is 1. The molecule has 0 unspecified atom stereocenters. The lowest BCUT2D eigenvalue weighted by molar-refractivity contribution is 0.0698. The smallest absolute Gasteiger partial charge is 0.338 e. The van der Waals surface area contributed by atoms with E-state index in [9.17, 15) is 9.18 Å². The number of fused-ring (bicyclic) bond motifs is 1. The maximum absolute atomic E-state index is 13.3. The van der Waals surface area contributed by atoms with Crippen molar-refractivity contribution in [2.75, 3.05) is 0 Å². The lowest BCUT2D eigenvalue weighted by Crippen LogP contribution is -1.98. The number of hydrogen-bond donors (Lipinski definition) is 2. The number of aromatic nitrogens is 2. The first-order valence-electron chi connectivity index (χ1n) is 5.10. The Kier molecular flexibility index (Phi) is 2.38. The van der Waals surface area contributed by atoms with Crippen LogP contribution in [0.1, 0.15) is 10.4 Å². The Labute approximate surface area is 105 Å². The largest absolute Gasteiger partial charge is 0.478 e. The first-order valence-corrected chi connectivity index (χ1v) is 6.04. The van der Waals surface area contributed by atoms with Crippen molar-refractivity contribution < 1.29 is 14.3 Å². The molecule has 3 rings (SSSR count). The molecule has 2 aromatic heterocycles. The van der Waals surface area contributed by atoms with Gasteiger partial charge in [0, 0.05) is 10.9 Å². The van der Waals surface area contributed by atoms with Crippen molar-refractivity contribution in [1.82, 2.24) is 9.97 Å². The van der Waals surface area contributed by atoms with Crippen molar-refractivity contribution in [1.29, 1.82) is 0 Å². The van der Waals surface area contributed by atoms with Crippen LogP contribution in [-0.4, -0.2) is 21.0 Å². The summed E-state index contributed by atoms with van der Waals surface area (Å²) in [5, 5.41) is 12.8. The molecule has 6 heteroatoms. The van der Waals surface area contributed by atoms with Crippen LogP contribution in [0.2, 0.25) is 0 Å². The molecule has 0 saturated carbocycles. The van der Waals surface area contributed by atoms with E-state index in [-0.39, 0.29) is 11.1 Å². The first-order chi connectivity index (χ1) is 8.65. The van der Waals surface area contributed by atoms with Gasteiger partial charge in [0.25, 0.3) is 0 Å². The van der Waals surface area contributed by atoms with Crippen molar-refractivity contribution in [3.8, 4) is 11.4 Å². The minimum absolute atomic E-state index is 0.136. The minimum Gasteiger partial charge on any atom is -0.478 e. The van der Waals surface area contributed by atoms with Gasteiger partial charge in [-0.25, -0.2) is 14.2 Å². The van der Waals surface area contributed by atoms with Crippen molar-refractivity contribution >= 4 is 28.3 Å². The molecule has 3 aromatic rings. The van der Waals surface area contributed by atoms with Gasteiger partial charge in [-0.15, -0.1) is 0 Å². The number of carbonyl (C=O) groups is 1. The molecular formula is C12H7FN2O2S. The molecule has 0 aliphatic rings. The van der Waals surface area contributed by atoms with E-state index in [1.807, 2.05) is 16.8 Å². The Bertz CT molecular complexity index is 734. The number of halogens is 1. The topological polar surface area (TPSA) is 66.0 Å². The van der Waals surface area contributed by atoms with Gasteiger partial charge in [-0.3, -0.25) is 0 Å². The summed E-state index contributed by atoms with van der Waals surface area (Å²) in [5.41, 5.74) is 1.37. The molecule has 0 spiro atoms. The van der Waals surface area contributed by atoms with Crippen LogP contribution in [0, 0.1) is 5.82 Å². The number of H-pyrrole nitrogens is 1. The number of carboxylic acid groups (broad SMARTS) is 1. The molecule has 0 aliphatic heterocycles. The third-order valence-electron chi connectivity index (χ3n) is 2.58. The second-order valence-electron chi connectivity index (χ2n) is 3.75. The highest BCUT2D eigenvalue weighted by molar-refractivity contribution is 7.08. The highest BCUT2D eigenvalue weighted by atomic mass is 32.1. The molecule has 4 nitrogen and oxygen atoms in total. The van der Waals surface area contributed by atoms with Crippen LogP contribution in [0.15, 0.2) is 29.0 Å². The summed E-state index contributed by atoms with van der Waals surface area (Å²) >= 11 is 1.51. The van der Waals surface area contributed by atoms with Gasteiger partial charge >= 0.3 is 5.97 Å². The van der Waals surface area contributed by atoms with E-state index in [1.165, 1.54) is 17.4 Å². The Balaban J connectivity index is 2.29. The Morgan fingerprint density at radius 1 is 1.44 bits per heavy atom. The molecule has 0 aliphatic carbocycles. The predicted molar refractivity (Wildman–Crippen MR) is 66.3 cm³/mol. The maximum atomic E-state index is 13.3. The number of aromatic carboxylic acids is 1. The molecule has 0 saturated heterocycles. The van der Waals surface area contributed by atoms with E-state index in [0.717, 1.165) is 11.6 Å². The molecule has 2 N–H and O–H groups in total. The van der Waals surface area contributed by atoms with Gasteiger partial charge in [0.05, 0.1) is 11.1 Å². The van der Waals surface area contributed by atoms with Gasteiger partial charge < -0.3 is 10.1 Å². The lowest BCUT2D eigenvalue weighted by Gasteiger charge is -1.95. The average Bonchev–Trinajstić information content (AvgIpc) is 2.95. The second-order valence-corrected chi connectivity index (χ2v) is 4.53. The van der Waals surface area contributed by atoms with Crippen molar-refractivity contribution in [2.24, 2.45) is 0 Å². The van der Waals surface area contributed by atoms with E-state index in [0.29, 0.717) is 11.3 Å². The first kappa shape index (κ1) is 10.9. The zero-order valence-electron chi connectivity index (χ0n) is 8.98. The molecule has 0 fully saturated rings. The van der Waals surface area contributed by atoms with Gasteiger partial charge in [-0.05, 0) is 23.6 Å². The molecule has 0 amide bonds. The van der Waals surface area contributed by atoms with Crippen LogP contribution in [0.25, 0.3) is 22.4 Å². The van der Waals surface area contributed by atoms with Crippen molar-refractivity contribution in [3.05, 3.63) is 40.3 Å². The zero-order chi connectivity index (χ0) is 12.7. The summed E-state index contributed by atoms with van der Waals surface area (Å²) in [7, 11) is 0. The van der Waals surface area contributed by atoms with Crippen molar-refractivity contribution in [2.45, 2.75) is 0 Å². The van der Waals surface area contributed by atoms with Gasteiger partial charge in [0.1, 0.15) is 17.2 Å². The Morgan fingerprint density at radius 2 is 2.28 bits per heavy atom. The zero-order valence-corrected chi connectivity index (χ0v) is 9.79. The van der Waals surface area contributed by atoms with E-state index in [4.69, 9.17) is 5.11 Å². The summed E-state index contributed by atoms with van der Waals surface area (Å²) in [4.78, 5) is 18.2. The Hall–Kier alpha value is -2.21. The van der Waals surface area contributed by atoms with Gasteiger partial charge in [0.2, 0.25) is 0 Å². The molecular weight excluding hydrogens is 255 g/mol. The van der Waals surface area contributed by atoms with Crippen LogP contribution in [0.4, 0.5) is 4.39 Å². The number of nitrogens with zero attached hydrogens (tertiary/aromatic N) is 1. The molecule has 1 aromatic carbocycles. The third kappa shape index (κ3) is 1.67. The van der Waals surface area contributed by atoms with E-state index >= 15 is 0 Å². The SMILES string of the molecule is O=C(O)c1cc(F)cc2[nH]c(-c3ccsc3)nc12. The lowest BCUT2D eigenvalue weighted by atomic mass is 10.2. The second kappa shape index (κ2) is 3.92.